The number of nitrogens with one attached hydrogen (secondary N) is 1. The Morgan fingerprint density at radius 2 is 2.11 bits per heavy atom. The molecule has 0 bridgehead atoms. The number of aromatic nitrogens is 2. The number of H-pyrrole nitrogens is 1. The van der Waals surface area contributed by atoms with Gasteiger partial charge in [0, 0.05) is 30.4 Å². The number of likely N-dealkylation sites (tertiary alicyclic amines) is 1. The van der Waals surface area contributed by atoms with Crippen molar-refractivity contribution in [2.75, 3.05) is 25.0 Å². The molecule has 4 nitrogen and oxygen atoms in total. The number of benzene rings is 2. The quantitative estimate of drug-likeness (QED) is 0.730. The van der Waals surface area contributed by atoms with E-state index in [0.29, 0.717) is 12.0 Å². The number of fused-ring (bicyclic) bond motifs is 4. The average molecular weight is 358 g/mol. The molecule has 2 aliphatic rings. The van der Waals surface area contributed by atoms with Crippen molar-refractivity contribution in [3.8, 4) is 0 Å². The van der Waals surface area contributed by atoms with E-state index in [9.17, 15) is 0 Å². The second-order valence-electron chi connectivity index (χ2n) is 8.14. The minimum Gasteiger partial charge on any atom is -0.345 e. The second-order valence-corrected chi connectivity index (χ2v) is 8.14. The first-order valence-corrected chi connectivity index (χ1v) is 9.79. The molecule has 2 aromatic carbocycles. The van der Waals surface area contributed by atoms with Gasteiger partial charge in [0.1, 0.15) is 0 Å². The Morgan fingerprint density at radius 1 is 1.22 bits per heavy atom. The zero-order valence-electron chi connectivity index (χ0n) is 16.2. The molecule has 4 heteroatoms. The van der Waals surface area contributed by atoms with Gasteiger partial charge < -0.3 is 14.8 Å². The number of imidazole rings is 1. The van der Waals surface area contributed by atoms with Crippen LogP contribution in [0.4, 0.5) is 5.69 Å². The lowest BCUT2D eigenvalue weighted by Crippen LogP contribution is -2.43. The van der Waals surface area contributed by atoms with E-state index in [4.69, 9.17) is 0 Å². The minimum atomic E-state index is 0.559. The predicted octanol–water partition coefficient (Wildman–Crippen LogP) is 4.54. The number of rotatable bonds is 2. The van der Waals surface area contributed by atoms with E-state index in [2.05, 4.69) is 83.3 Å². The van der Waals surface area contributed by atoms with Crippen molar-refractivity contribution in [3.63, 3.8) is 0 Å². The Bertz CT molecular complexity index is 1030. The molecule has 1 N–H and O–H groups in total. The number of hydrogen-bond acceptors (Lipinski definition) is 3. The van der Waals surface area contributed by atoms with Crippen LogP contribution in [0, 0.1) is 6.92 Å². The number of likely N-dealkylation sites (N-methyl/N-ethyl adjacent to an activating group) is 1. The number of anilines is 1. The van der Waals surface area contributed by atoms with Crippen molar-refractivity contribution in [3.05, 3.63) is 65.6 Å². The molecule has 0 aliphatic carbocycles. The molecule has 0 saturated carbocycles. The molecule has 2 aliphatic heterocycles. The summed E-state index contributed by atoms with van der Waals surface area (Å²) in [6.45, 7) is 6.72. The predicted molar refractivity (Wildman–Crippen MR) is 112 cm³/mol. The van der Waals surface area contributed by atoms with Crippen LogP contribution in [-0.4, -0.2) is 41.0 Å². The summed E-state index contributed by atoms with van der Waals surface area (Å²) in [5, 5.41) is 0. The van der Waals surface area contributed by atoms with E-state index in [1.165, 1.54) is 34.4 Å². The lowest BCUT2D eigenvalue weighted by atomic mass is 9.89. The molecule has 2 atom stereocenters. The lowest BCUT2D eigenvalue weighted by molar-refractivity contribution is 0.235. The number of allylic oxidation sites excluding steroid dienone is 1. The maximum atomic E-state index is 4.33. The van der Waals surface area contributed by atoms with Crippen molar-refractivity contribution >= 4 is 22.3 Å². The topological polar surface area (TPSA) is 35.2 Å². The van der Waals surface area contributed by atoms with Gasteiger partial charge >= 0.3 is 0 Å². The number of aryl methyl sites for hydroxylation is 1. The number of piperidine rings is 1. The van der Waals surface area contributed by atoms with Crippen LogP contribution >= 0.6 is 0 Å². The zero-order valence-corrected chi connectivity index (χ0v) is 16.2. The van der Waals surface area contributed by atoms with Gasteiger partial charge in [-0.15, -0.1) is 0 Å². The summed E-state index contributed by atoms with van der Waals surface area (Å²) in [4.78, 5) is 12.6. The molecule has 0 spiro atoms. The standard InChI is InChI=1S/C23H26N4/c1-15-4-7-22-18(10-15)19-13-26(3)9-8-23(19)27(22)12-16(2)17-5-6-20-21(11-17)25-14-24-20/h4-7,10-12,14,19,23H,8-9,13H2,1-3H3,(H,24,25)/b16-12+. The first-order valence-electron chi connectivity index (χ1n) is 9.79. The molecule has 3 heterocycles. The van der Waals surface area contributed by atoms with Crippen molar-refractivity contribution in [1.82, 2.24) is 14.9 Å². The highest BCUT2D eigenvalue weighted by molar-refractivity contribution is 5.81. The molecular weight excluding hydrogens is 332 g/mol. The van der Waals surface area contributed by atoms with Crippen molar-refractivity contribution in [1.29, 1.82) is 0 Å². The minimum absolute atomic E-state index is 0.559. The van der Waals surface area contributed by atoms with Crippen LogP contribution in [0.25, 0.3) is 16.6 Å². The van der Waals surface area contributed by atoms with Gasteiger partial charge in [-0.2, -0.15) is 0 Å². The second kappa shape index (κ2) is 6.24. The molecule has 3 aromatic rings. The largest absolute Gasteiger partial charge is 0.345 e. The van der Waals surface area contributed by atoms with Crippen LogP contribution in [0.3, 0.4) is 0 Å². The van der Waals surface area contributed by atoms with E-state index < -0.39 is 0 Å². The van der Waals surface area contributed by atoms with Crippen molar-refractivity contribution < 1.29 is 0 Å². The Balaban J connectivity index is 1.56. The maximum Gasteiger partial charge on any atom is 0.0931 e. The van der Waals surface area contributed by atoms with Crippen molar-refractivity contribution in [2.24, 2.45) is 0 Å². The maximum absolute atomic E-state index is 4.33. The number of aromatic amines is 1. The fourth-order valence-electron chi connectivity index (χ4n) is 4.76. The highest BCUT2D eigenvalue weighted by Crippen LogP contribution is 2.45. The number of nitrogens with zero attached hydrogens (tertiary/aromatic N) is 3. The normalized spacial score (nSPS) is 22.9. The first kappa shape index (κ1) is 16.6. The van der Waals surface area contributed by atoms with E-state index in [-0.39, 0.29) is 0 Å². The van der Waals surface area contributed by atoms with Gasteiger partial charge in [0.2, 0.25) is 0 Å². The summed E-state index contributed by atoms with van der Waals surface area (Å²) in [7, 11) is 2.25. The van der Waals surface area contributed by atoms with Gasteiger partial charge in [-0.05, 0) is 68.8 Å². The Labute approximate surface area is 160 Å². The fraction of sp³-hybridized carbons (Fsp3) is 0.348. The average Bonchev–Trinajstić information content (AvgIpc) is 3.24. The molecule has 27 heavy (non-hydrogen) atoms. The van der Waals surface area contributed by atoms with Crippen LogP contribution in [0.2, 0.25) is 0 Å². The smallest absolute Gasteiger partial charge is 0.0931 e. The molecule has 1 saturated heterocycles. The Kier molecular flexibility index (Phi) is 3.83. The highest BCUT2D eigenvalue weighted by Gasteiger charge is 2.40. The van der Waals surface area contributed by atoms with E-state index >= 15 is 0 Å². The third-order valence-corrected chi connectivity index (χ3v) is 6.21. The van der Waals surface area contributed by atoms with Crippen LogP contribution < -0.4 is 4.90 Å². The van der Waals surface area contributed by atoms with E-state index in [1.54, 1.807) is 6.33 Å². The van der Waals surface area contributed by atoms with Crippen LogP contribution in [0.5, 0.6) is 0 Å². The summed E-state index contributed by atoms with van der Waals surface area (Å²) < 4.78 is 0. The first-order chi connectivity index (χ1) is 13.1. The third kappa shape index (κ3) is 2.76. The molecule has 1 fully saturated rings. The summed E-state index contributed by atoms with van der Waals surface area (Å²) in [5.74, 6) is 0.595. The highest BCUT2D eigenvalue weighted by atomic mass is 15.2. The van der Waals surface area contributed by atoms with Crippen LogP contribution in [0.1, 0.15) is 36.0 Å². The molecule has 138 valence electrons. The van der Waals surface area contributed by atoms with E-state index in [0.717, 1.165) is 24.1 Å². The van der Waals surface area contributed by atoms with Crippen molar-refractivity contribution in [2.45, 2.75) is 32.2 Å². The monoisotopic (exact) mass is 358 g/mol. The Morgan fingerprint density at radius 3 is 3.00 bits per heavy atom. The zero-order chi connectivity index (χ0) is 18.5. The molecule has 0 radical (unpaired) electrons. The van der Waals surface area contributed by atoms with Gasteiger partial charge in [-0.25, -0.2) is 4.98 Å². The van der Waals surface area contributed by atoms with Gasteiger partial charge in [0.05, 0.1) is 17.4 Å². The summed E-state index contributed by atoms with van der Waals surface area (Å²) in [6, 6.07) is 14.0. The fourth-order valence-corrected chi connectivity index (χ4v) is 4.76. The lowest BCUT2D eigenvalue weighted by Gasteiger charge is -2.36. The van der Waals surface area contributed by atoms with Gasteiger partial charge in [0.25, 0.3) is 0 Å². The third-order valence-electron chi connectivity index (χ3n) is 6.21. The van der Waals surface area contributed by atoms with Gasteiger partial charge in [-0.1, -0.05) is 23.8 Å². The van der Waals surface area contributed by atoms with Gasteiger partial charge in [-0.3, -0.25) is 0 Å². The summed E-state index contributed by atoms with van der Waals surface area (Å²) in [6.07, 6.45) is 5.33. The van der Waals surface area contributed by atoms with Crippen LogP contribution in [-0.2, 0) is 0 Å². The SMILES string of the molecule is C/C(=C\N1c2ccc(C)cc2C2CN(C)CCC21)c1ccc2nc[nH]c2c1. The number of hydrogen-bond donors (Lipinski definition) is 1. The Hall–Kier alpha value is -2.59. The van der Waals surface area contributed by atoms with Gasteiger partial charge in [0.15, 0.2) is 0 Å². The molecule has 0 amide bonds. The molecule has 1 aromatic heterocycles. The summed E-state index contributed by atoms with van der Waals surface area (Å²) in [5.41, 5.74) is 8.90. The van der Waals surface area contributed by atoms with Crippen LogP contribution in [0.15, 0.2) is 48.9 Å². The molecule has 2 unspecified atom stereocenters. The van der Waals surface area contributed by atoms with E-state index in [1.807, 2.05) is 0 Å². The molecular formula is C23H26N4. The molecule has 5 rings (SSSR count). The summed E-state index contributed by atoms with van der Waals surface area (Å²) >= 11 is 0.